The predicted molar refractivity (Wildman–Crippen MR) is 129 cm³/mol. The van der Waals surface area contributed by atoms with Crippen LogP contribution in [0.3, 0.4) is 0 Å². The fraction of sp³-hybridized carbons (Fsp3) is 0.481. The number of methoxy groups -OCH3 is 1. The second kappa shape index (κ2) is 11.3. The zero-order chi connectivity index (χ0) is 23.0. The first-order valence-electron chi connectivity index (χ1n) is 12.1. The summed E-state index contributed by atoms with van der Waals surface area (Å²) in [7, 11) is 1.69. The van der Waals surface area contributed by atoms with Gasteiger partial charge in [0.15, 0.2) is 0 Å². The second-order valence-electron chi connectivity index (χ2n) is 9.11. The van der Waals surface area contributed by atoms with Crippen LogP contribution in [0.4, 0.5) is 0 Å². The molecule has 2 heterocycles. The van der Waals surface area contributed by atoms with Gasteiger partial charge in [0.05, 0.1) is 13.0 Å². The number of likely N-dealkylation sites (tertiary alicyclic amines) is 2. The van der Waals surface area contributed by atoms with E-state index in [1.165, 1.54) is 11.1 Å². The van der Waals surface area contributed by atoms with Crippen molar-refractivity contribution in [2.45, 2.75) is 44.7 Å². The molecule has 0 bridgehead atoms. The third-order valence-corrected chi connectivity index (χ3v) is 6.83. The molecular formula is C27H35N3O3. The molecule has 2 unspecified atom stereocenters. The van der Waals surface area contributed by atoms with E-state index in [9.17, 15) is 9.59 Å². The van der Waals surface area contributed by atoms with E-state index in [-0.39, 0.29) is 17.7 Å². The number of hydrogen-bond donors (Lipinski definition) is 1. The normalized spacial score (nSPS) is 21.2. The molecule has 6 heteroatoms. The number of hydrogen-bond acceptors (Lipinski definition) is 4. The molecule has 33 heavy (non-hydrogen) atoms. The molecule has 0 spiro atoms. The Kier molecular flexibility index (Phi) is 8.00. The molecule has 2 amide bonds. The number of nitrogens with one attached hydrogen (secondary N) is 1. The predicted octanol–water partition coefficient (Wildman–Crippen LogP) is 3.78. The molecule has 2 aromatic rings. The smallest absolute Gasteiger partial charge is 0.224 e. The van der Waals surface area contributed by atoms with E-state index >= 15 is 0 Å². The van der Waals surface area contributed by atoms with Gasteiger partial charge in [0, 0.05) is 45.2 Å². The Labute approximate surface area is 196 Å². The summed E-state index contributed by atoms with van der Waals surface area (Å²) in [4.78, 5) is 29.1. The molecule has 1 N–H and O–H groups in total. The Hall–Kier alpha value is -2.86. The molecule has 2 fully saturated rings. The van der Waals surface area contributed by atoms with E-state index in [0.717, 1.165) is 57.6 Å². The number of rotatable bonds is 9. The highest BCUT2D eigenvalue weighted by Gasteiger charge is 2.32. The van der Waals surface area contributed by atoms with E-state index in [1.807, 2.05) is 23.1 Å². The lowest BCUT2D eigenvalue weighted by Crippen LogP contribution is -2.44. The molecule has 176 valence electrons. The zero-order valence-electron chi connectivity index (χ0n) is 19.5. The lowest BCUT2D eigenvalue weighted by atomic mass is 9.88. The molecule has 6 nitrogen and oxygen atoms in total. The molecule has 0 aromatic heterocycles. The van der Waals surface area contributed by atoms with Crippen LogP contribution in [0.15, 0.2) is 54.6 Å². The van der Waals surface area contributed by atoms with Crippen molar-refractivity contribution < 1.29 is 14.3 Å². The maximum atomic E-state index is 13.0. The van der Waals surface area contributed by atoms with Gasteiger partial charge in [-0.2, -0.15) is 0 Å². The SMILES string of the molecule is COc1cccc(CN2CC(C(=O)NCCCN3CCCC3=O)CCC2c2ccccc2)c1. The van der Waals surface area contributed by atoms with Gasteiger partial charge in [0.25, 0.3) is 0 Å². The number of carbonyl (C=O) groups is 2. The van der Waals surface area contributed by atoms with E-state index in [0.29, 0.717) is 19.0 Å². The van der Waals surface area contributed by atoms with Gasteiger partial charge in [0.2, 0.25) is 11.8 Å². The van der Waals surface area contributed by atoms with E-state index in [2.05, 4.69) is 46.6 Å². The van der Waals surface area contributed by atoms with Crippen LogP contribution < -0.4 is 10.1 Å². The van der Waals surface area contributed by atoms with Crippen molar-refractivity contribution in [3.63, 3.8) is 0 Å². The Bertz CT molecular complexity index is 933. The second-order valence-corrected chi connectivity index (χ2v) is 9.11. The minimum absolute atomic E-state index is 0.0241. The van der Waals surface area contributed by atoms with Crippen LogP contribution in [0.2, 0.25) is 0 Å². The third-order valence-electron chi connectivity index (χ3n) is 6.83. The zero-order valence-corrected chi connectivity index (χ0v) is 19.5. The molecule has 0 radical (unpaired) electrons. The van der Waals surface area contributed by atoms with Crippen LogP contribution in [0.5, 0.6) is 5.75 Å². The summed E-state index contributed by atoms with van der Waals surface area (Å²) in [5.41, 5.74) is 2.49. The summed E-state index contributed by atoms with van der Waals surface area (Å²) in [5.74, 6) is 1.20. The average molecular weight is 450 g/mol. The van der Waals surface area contributed by atoms with Crippen LogP contribution >= 0.6 is 0 Å². The minimum Gasteiger partial charge on any atom is -0.497 e. The van der Waals surface area contributed by atoms with Crippen molar-refractivity contribution in [1.82, 2.24) is 15.1 Å². The number of piperidine rings is 1. The molecule has 2 aromatic carbocycles. The lowest BCUT2D eigenvalue weighted by Gasteiger charge is -2.39. The van der Waals surface area contributed by atoms with Crippen LogP contribution in [0.1, 0.15) is 49.3 Å². The highest BCUT2D eigenvalue weighted by Crippen LogP contribution is 2.35. The van der Waals surface area contributed by atoms with E-state index in [4.69, 9.17) is 4.74 Å². The number of carbonyl (C=O) groups excluding carboxylic acids is 2. The highest BCUT2D eigenvalue weighted by atomic mass is 16.5. The fourth-order valence-corrected chi connectivity index (χ4v) is 5.06. The first-order valence-corrected chi connectivity index (χ1v) is 12.1. The molecule has 0 saturated carbocycles. The van der Waals surface area contributed by atoms with Crippen molar-refractivity contribution in [2.75, 3.05) is 33.3 Å². The van der Waals surface area contributed by atoms with Crippen LogP contribution in [-0.4, -0.2) is 54.9 Å². The quantitative estimate of drug-likeness (QED) is 0.592. The number of amides is 2. The number of benzene rings is 2. The summed E-state index contributed by atoms with van der Waals surface area (Å²) in [6.45, 7) is 3.72. The first-order chi connectivity index (χ1) is 16.1. The molecule has 2 atom stereocenters. The van der Waals surface area contributed by atoms with Crippen LogP contribution in [0.25, 0.3) is 0 Å². The van der Waals surface area contributed by atoms with E-state index < -0.39 is 0 Å². The highest BCUT2D eigenvalue weighted by molar-refractivity contribution is 5.79. The molecular weight excluding hydrogens is 414 g/mol. The van der Waals surface area contributed by atoms with Crippen molar-refractivity contribution >= 4 is 11.8 Å². The van der Waals surface area contributed by atoms with Gasteiger partial charge in [-0.05, 0) is 48.9 Å². The molecule has 2 aliphatic rings. The summed E-state index contributed by atoms with van der Waals surface area (Å²) < 4.78 is 5.41. The molecule has 2 saturated heterocycles. The van der Waals surface area contributed by atoms with Crippen molar-refractivity contribution in [2.24, 2.45) is 5.92 Å². The number of ether oxygens (including phenoxy) is 1. The summed E-state index contributed by atoms with van der Waals surface area (Å²) in [6, 6.07) is 19.1. The summed E-state index contributed by atoms with van der Waals surface area (Å²) in [6.07, 6.45) is 4.27. The van der Waals surface area contributed by atoms with E-state index in [1.54, 1.807) is 7.11 Å². The van der Waals surface area contributed by atoms with Crippen LogP contribution in [-0.2, 0) is 16.1 Å². The Balaban J connectivity index is 1.36. The first kappa shape index (κ1) is 23.3. The van der Waals surface area contributed by atoms with Crippen LogP contribution in [0, 0.1) is 5.92 Å². The van der Waals surface area contributed by atoms with Gasteiger partial charge in [-0.1, -0.05) is 42.5 Å². The van der Waals surface area contributed by atoms with Crippen molar-refractivity contribution in [3.8, 4) is 5.75 Å². The number of nitrogens with zero attached hydrogens (tertiary/aromatic N) is 2. The summed E-state index contributed by atoms with van der Waals surface area (Å²) in [5, 5.41) is 3.12. The summed E-state index contributed by atoms with van der Waals surface area (Å²) >= 11 is 0. The monoisotopic (exact) mass is 449 g/mol. The van der Waals surface area contributed by atoms with Gasteiger partial charge < -0.3 is 15.0 Å². The standard InChI is InChI=1S/C27H35N3O3/c1-33-24-11-5-8-21(18-24)19-30-20-23(13-14-25(30)22-9-3-2-4-10-22)27(32)28-15-7-17-29-16-6-12-26(29)31/h2-5,8-11,18,23,25H,6-7,12-17,19-20H2,1H3,(H,28,32). The maximum Gasteiger partial charge on any atom is 0.224 e. The molecule has 0 aliphatic carbocycles. The molecule has 4 rings (SSSR count). The third kappa shape index (κ3) is 6.14. The largest absolute Gasteiger partial charge is 0.497 e. The minimum atomic E-state index is -0.0241. The fourth-order valence-electron chi connectivity index (χ4n) is 5.06. The van der Waals surface area contributed by atoms with Gasteiger partial charge in [0.1, 0.15) is 5.75 Å². The van der Waals surface area contributed by atoms with Gasteiger partial charge >= 0.3 is 0 Å². The lowest BCUT2D eigenvalue weighted by molar-refractivity contribution is -0.127. The van der Waals surface area contributed by atoms with Gasteiger partial charge in [-0.15, -0.1) is 0 Å². The molecule has 2 aliphatic heterocycles. The Morgan fingerprint density at radius 3 is 2.73 bits per heavy atom. The average Bonchev–Trinajstić information content (AvgIpc) is 3.26. The van der Waals surface area contributed by atoms with Gasteiger partial charge in [-0.25, -0.2) is 0 Å². The Morgan fingerprint density at radius 2 is 1.97 bits per heavy atom. The topological polar surface area (TPSA) is 61.9 Å². The van der Waals surface area contributed by atoms with Crippen molar-refractivity contribution in [1.29, 1.82) is 0 Å². The Morgan fingerprint density at radius 1 is 1.12 bits per heavy atom. The van der Waals surface area contributed by atoms with Crippen molar-refractivity contribution in [3.05, 3.63) is 65.7 Å². The van der Waals surface area contributed by atoms with Gasteiger partial charge in [-0.3, -0.25) is 14.5 Å². The maximum absolute atomic E-state index is 13.0.